The molecule has 0 radical (unpaired) electrons. The van der Waals surface area contributed by atoms with Crippen LogP contribution in [0.5, 0.6) is 0 Å². The Morgan fingerprint density at radius 2 is 2.27 bits per heavy atom. The van der Waals surface area contributed by atoms with Crippen molar-refractivity contribution in [2.75, 3.05) is 0 Å². The summed E-state index contributed by atoms with van der Waals surface area (Å²) in [5.41, 5.74) is 0.701. The zero-order valence-corrected chi connectivity index (χ0v) is 7.27. The highest BCUT2D eigenvalue weighted by Gasteiger charge is 2.00. The van der Waals surface area contributed by atoms with Crippen LogP contribution in [-0.4, -0.2) is 0 Å². The van der Waals surface area contributed by atoms with Crippen molar-refractivity contribution in [2.45, 2.75) is 6.61 Å². The first kappa shape index (κ1) is 8.64. The minimum Gasteiger partial charge on any atom is -0.300 e. The van der Waals surface area contributed by atoms with Gasteiger partial charge < -0.3 is 0 Å². The van der Waals surface area contributed by atoms with Crippen molar-refractivity contribution in [3.05, 3.63) is 34.1 Å². The number of nitrogens with two attached hydrogens (primary N) is 1. The summed E-state index contributed by atoms with van der Waals surface area (Å²) in [7, 11) is 0. The Bertz CT molecular complexity index is 254. The van der Waals surface area contributed by atoms with Gasteiger partial charge in [-0.05, 0) is 23.8 Å². The van der Waals surface area contributed by atoms with E-state index in [4.69, 9.17) is 5.90 Å². The summed E-state index contributed by atoms with van der Waals surface area (Å²) < 4.78 is 13.3. The highest BCUT2D eigenvalue weighted by Crippen LogP contribution is 2.17. The van der Waals surface area contributed by atoms with Crippen molar-refractivity contribution in [1.82, 2.24) is 0 Å². The van der Waals surface area contributed by atoms with Crippen molar-refractivity contribution in [1.29, 1.82) is 0 Å². The fourth-order valence-corrected chi connectivity index (χ4v) is 1.10. The van der Waals surface area contributed by atoms with Crippen LogP contribution >= 0.6 is 15.9 Å². The Morgan fingerprint density at radius 1 is 1.55 bits per heavy atom. The van der Waals surface area contributed by atoms with E-state index in [9.17, 15) is 4.39 Å². The Hall–Kier alpha value is -0.450. The molecule has 2 N–H and O–H groups in total. The molecule has 0 unspecified atom stereocenters. The number of benzene rings is 1. The summed E-state index contributed by atoms with van der Waals surface area (Å²) in [6.45, 7) is 0.207. The summed E-state index contributed by atoms with van der Waals surface area (Å²) in [5.74, 6) is 4.54. The maximum Gasteiger partial charge on any atom is 0.123 e. The molecule has 0 bridgehead atoms. The minimum absolute atomic E-state index is 0.207. The first-order valence-electron chi connectivity index (χ1n) is 2.99. The molecular formula is C7H7BrFNO. The lowest BCUT2D eigenvalue weighted by Crippen LogP contribution is -1.99. The van der Waals surface area contributed by atoms with Crippen molar-refractivity contribution in [3.8, 4) is 0 Å². The summed E-state index contributed by atoms with van der Waals surface area (Å²) in [6, 6.07) is 4.35. The zero-order chi connectivity index (χ0) is 8.27. The molecule has 1 aromatic rings. The molecule has 0 spiro atoms. The number of rotatable bonds is 2. The molecule has 60 valence electrons. The molecule has 0 fully saturated rings. The standard InChI is InChI=1S/C7H7BrFNO/c8-7-2-1-6(9)3-5(7)4-11-10/h1-3H,4,10H2. The van der Waals surface area contributed by atoms with Crippen LogP contribution in [0.15, 0.2) is 22.7 Å². The second kappa shape index (κ2) is 3.80. The van der Waals surface area contributed by atoms with Gasteiger partial charge in [0.2, 0.25) is 0 Å². The van der Waals surface area contributed by atoms with Gasteiger partial charge in [-0.15, -0.1) is 0 Å². The van der Waals surface area contributed by atoms with E-state index < -0.39 is 0 Å². The third-order valence-electron chi connectivity index (χ3n) is 1.25. The molecule has 1 rings (SSSR count). The molecule has 2 nitrogen and oxygen atoms in total. The van der Waals surface area contributed by atoms with Crippen LogP contribution in [-0.2, 0) is 11.4 Å². The van der Waals surface area contributed by atoms with Gasteiger partial charge in [-0.2, -0.15) is 0 Å². The van der Waals surface area contributed by atoms with Gasteiger partial charge in [0.25, 0.3) is 0 Å². The van der Waals surface area contributed by atoms with E-state index in [2.05, 4.69) is 20.8 Å². The van der Waals surface area contributed by atoms with Crippen LogP contribution in [0.4, 0.5) is 4.39 Å². The lowest BCUT2D eigenvalue weighted by atomic mass is 10.2. The topological polar surface area (TPSA) is 35.2 Å². The molecule has 4 heteroatoms. The molecule has 0 aromatic heterocycles. The van der Waals surface area contributed by atoms with E-state index in [1.54, 1.807) is 6.07 Å². The normalized spacial score (nSPS) is 10.1. The Morgan fingerprint density at radius 3 is 2.91 bits per heavy atom. The fourth-order valence-electron chi connectivity index (χ4n) is 0.744. The van der Waals surface area contributed by atoms with Crippen molar-refractivity contribution in [3.63, 3.8) is 0 Å². The lowest BCUT2D eigenvalue weighted by molar-refractivity contribution is 0.123. The predicted molar refractivity (Wildman–Crippen MR) is 43.1 cm³/mol. The monoisotopic (exact) mass is 219 g/mol. The summed E-state index contributed by atoms with van der Waals surface area (Å²) in [5, 5.41) is 0. The summed E-state index contributed by atoms with van der Waals surface area (Å²) in [4.78, 5) is 4.37. The average molecular weight is 220 g/mol. The molecule has 0 atom stereocenters. The molecule has 0 aliphatic rings. The van der Waals surface area contributed by atoms with E-state index in [1.165, 1.54) is 12.1 Å². The number of hydrogen-bond acceptors (Lipinski definition) is 2. The molecule has 0 aliphatic carbocycles. The predicted octanol–water partition coefficient (Wildman–Crippen LogP) is 1.98. The van der Waals surface area contributed by atoms with Gasteiger partial charge in [-0.3, -0.25) is 4.84 Å². The van der Waals surface area contributed by atoms with E-state index in [-0.39, 0.29) is 12.4 Å². The number of hydrogen-bond donors (Lipinski definition) is 1. The molecule has 0 amide bonds. The van der Waals surface area contributed by atoms with E-state index in [0.29, 0.717) is 5.56 Å². The highest BCUT2D eigenvalue weighted by molar-refractivity contribution is 9.10. The zero-order valence-electron chi connectivity index (χ0n) is 5.68. The smallest absolute Gasteiger partial charge is 0.123 e. The second-order valence-electron chi connectivity index (χ2n) is 2.05. The van der Waals surface area contributed by atoms with Gasteiger partial charge in [-0.1, -0.05) is 15.9 Å². The van der Waals surface area contributed by atoms with Crippen LogP contribution in [0.25, 0.3) is 0 Å². The molecular weight excluding hydrogens is 213 g/mol. The molecule has 0 aliphatic heterocycles. The van der Waals surface area contributed by atoms with Gasteiger partial charge in [0, 0.05) is 4.47 Å². The van der Waals surface area contributed by atoms with Crippen LogP contribution in [0.2, 0.25) is 0 Å². The van der Waals surface area contributed by atoms with Gasteiger partial charge in [0.15, 0.2) is 0 Å². The first-order chi connectivity index (χ1) is 5.24. The van der Waals surface area contributed by atoms with Crippen LogP contribution < -0.4 is 5.90 Å². The van der Waals surface area contributed by atoms with Gasteiger partial charge >= 0.3 is 0 Å². The van der Waals surface area contributed by atoms with Gasteiger partial charge in [-0.25, -0.2) is 10.3 Å². The lowest BCUT2D eigenvalue weighted by Gasteiger charge is -2.01. The van der Waals surface area contributed by atoms with E-state index >= 15 is 0 Å². The minimum atomic E-state index is -0.291. The Labute approximate surface area is 72.2 Å². The molecule has 0 saturated heterocycles. The third kappa shape index (κ3) is 2.25. The van der Waals surface area contributed by atoms with Crippen LogP contribution in [0.3, 0.4) is 0 Å². The third-order valence-corrected chi connectivity index (χ3v) is 2.02. The van der Waals surface area contributed by atoms with Crippen LogP contribution in [0.1, 0.15) is 5.56 Å². The van der Waals surface area contributed by atoms with E-state index in [0.717, 1.165) is 4.47 Å². The van der Waals surface area contributed by atoms with Crippen LogP contribution in [0, 0.1) is 5.82 Å². The molecule has 11 heavy (non-hydrogen) atoms. The second-order valence-corrected chi connectivity index (χ2v) is 2.90. The quantitative estimate of drug-likeness (QED) is 0.773. The molecule has 0 saturated carbocycles. The Balaban J connectivity index is 2.93. The Kier molecular flexibility index (Phi) is 2.99. The van der Waals surface area contributed by atoms with Gasteiger partial charge in [0.05, 0.1) is 6.61 Å². The average Bonchev–Trinajstić information content (AvgIpc) is 1.98. The summed E-state index contributed by atoms with van der Waals surface area (Å²) in [6.07, 6.45) is 0. The number of halogens is 2. The van der Waals surface area contributed by atoms with Crippen molar-refractivity contribution >= 4 is 15.9 Å². The summed E-state index contributed by atoms with van der Waals surface area (Å²) >= 11 is 3.23. The molecule has 1 aromatic carbocycles. The maximum absolute atomic E-state index is 12.6. The van der Waals surface area contributed by atoms with E-state index in [1.807, 2.05) is 0 Å². The maximum atomic E-state index is 12.6. The van der Waals surface area contributed by atoms with Gasteiger partial charge in [0.1, 0.15) is 5.82 Å². The highest BCUT2D eigenvalue weighted by atomic mass is 79.9. The largest absolute Gasteiger partial charge is 0.300 e. The SMILES string of the molecule is NOCc1cc(F)ccc1Br. The first-order valence-corrected chi connectivity index (χ1v) is 3.79. The van der Waals surface area contributed by atoms with Crippen molar-refractivity contribution < 1.29 is 9.23 Å². The van der Waals surface area contributed by atoms with Crippen molar-refractivity contribution in [2.24, 2.45) is 5.90 Å². The fraction of sp³-hybridized carbons (Fsp3) is 0.143. The molecule has 0 heterocycles.